The zero-order valence-corrected chi connectivity index (χ0v) is 14.2. The van der Waals surface area contributed by atoms with Crippen molar-refractivity contribution in [2.24, 2.45) is 11.2 Å². The Morgan fingerprint density at radius 2 is 1.68 bits per heavy atom. The van der Waals surface area contributed by atoms with Gasteiger partial charge in [0.05, 0.1) is 30.4 Å². The van der Waals surface area contributed by atoms with Crippen LogP contribution in [0.4, 0.5) is 0 Å². The van der Waals surface area contributed by atoms with Crippen molar-refractivity contribution >= 4 is 5.97 Å². The Kier molecular flexibility index (Phi) is 5.43. The zero-order valence-electron chi connectivity index (χ0n) is 14.2. The molecule has 0 spiro atoms. The maximum absolute atomic E-state index is 12.5. The summed E-state index contributed by atoms with van der Waals surface area (Å²) in [6.07, 6.45) is 0.642. The number of benzene rings is 2. The van der Waals surface area contributed by atoms with Gasteiger partial charge in [0.15, 0.2) is 0 Å². The van der Waals surface area contributed by atoms with Crippen molar-refractivity contribution < 1.29 is 9.53 Å². The van der Waals surface area contributed by atoms with Crippen LogP contribution in [-0.4, -0.2) is 24.1 Å². The minimum atomic E-state index is -0.403. The predicted molar refractivity (Wildman–Crippen MR) is 95.6 cm³/mol. The SMILES string of the molecule is CCOC(=O)[C@@H]1CN(N=O)[C@@H](c2ccccc2)C[C@H]1c1ccccc1. The second kappa shape index (κ2) is 7.92. The third-order valence-corrected chi connectivity index (χ3v) is 4.81. The quantitative estimate of drug-likeness (QED) is 0.609. The van der Waals surface area contributed by atoms with Crippen LogP contribution in [0.5, 0.6) is 0 Å². The molecule has 2 aromatic rings. The summed E-state index contributed by atoms with van der Waals surface area (Å²) in [5.74, 6) is -0.681. The van der Waals surface area contributed by atoms with Gasteiger partial charge < -0.3 is 4.74 Å². The number of nitrogens with zero attached hydrogens (tertiary/aromatic N) is 2. The van der Waals surface area contributed by atoms with Crippen LogP contribution >= 0.6 is 0 Å². The molecule has 2 aromatic carbocycles. The fraction of sp³-hybridized carbons (Fsp3) is 0.350. The topological polar surface area (TPSA) is 59.0 Å². The molecule has 130 valence electrons. The molecule has 1 fully saturated rings. The van der Waals surface area contributed by atoms with Crippen LogP contribution in [0.1, 0.15) is 36.4 Å². The predicted octanol–water partition coefficient (Wildman–Crippen LogP) is 4.08. The van der Waals surface area contributed by atoms with Gasteiger partial charge in [0.2, 0.25) is 0 Å². The lowest BCUT2D eigenvalue weighted by atomic mass is 9.76. The van der Waals surface area contributed by atoms with Crippen LogP contribution in [0.25, 0.3) is 0 Å². The number of nitroso groups, excluding NO2 is 1. The molecule has 1 aliphatic heterocycles. The Labute approximate surface area is 147 Å². The molecule has 0 bridgehead atoms. The highest BCUT2D eigenvalue weighted by Gasteiger charge is 2.41. The molecule has 3 atom stereocenters. The van der Waals surface area contributed by atoms with E-state index in [2.05, 4.69) is 5.29 Å². The van der Waals surface area contributed by atoms with Crippen molar-refractivity contribution in [2.75, 3.05) is 13.2 Å². The summed E-state index contributed by atoms with van der Waals surface area (Å²) in [5.41, 5.74) is 2.12. The van der Waals surface area contributed by atoms with Crippen LogP contribution in [0.15, 0.2) is 65.9 Å². The maximum Gasteiger partial charge on any atom is 0.311 e. The van der Waals surface area contributed by atoms with Crippen LogP contribution in [0, 0.1) is 10.8 Å². The number of esters is 1. The van der Waals surface area contributed by atoms with E-state index in [1.807, 2.05) is 60.7 Å². The summed E-state index contributed by atoms with van der Waals surface area (Å²) < 4.78 is 5.26. The molecule has 25 heavy (non-hydrogen) atoms. The molecule has 1 aliphatic rings. The molecule has 0 unspecified atom stereocenters. The number of piperidine rings is 1. The maximum atomic E-state index is 12.5. The van der Waals surface area contributed by atoms with Crippen LogP contribution in [0.2, 0.25) is 0 Å². The third-order valence-electron chi connectivity index (χ3n) is 4.81. The molecule has 0 amide bonds. The van der Waals surface area contributed by atoms with Gasteiger partial charge in [-0.05, 0) is 24.5 Å². The van der Waals surface area contributed by atoms with E-state index in [4.69, 9.17) is 4.74 Å². The fourth-order valence-electron chi connectivity index (χ4n) is 3.61. The first kappa shape index (κ1) is 17.1. The van der Waals surface area contributed by atoms with Crippen molar-refractivity contribution in [2.45, 2.75) is 25.3 Å². The summed E-state index contributed by atoms with van der Waals surface area (Å²) in [6.45, 7) is 2.38. The average Bonchev–Trinajstić information content (AvgIpc) is 2.68. The summed E-state index contributed by atoms with van der Waals surface area (Å²) in [5, 5.41) is 4.68. The van der Waals surface area contributed by atoms with E-state index in [0.717, 1.165) is 11.1 Å². The van der Waals surface area contributed by atoms with Gasteiger partial charge in [0.1, 0.15) is 0 Å². The Hall–Kier alpha value is -2.69. The van der Waals surface area contributed by atoms with Gasteiger partial charge in [-0.3, -0.25) is 9.80 Å². The fourth-order valence-corrected chi connectivity index (χ4v) is 3.61. The normalized spacial score (nSPS) is 23.1. The Morgan fingerprint density at radius 1 is 1.08 bits per heavy atom. The molecule has 3 rings (SSSR count). The van der Waals surface area contributed by atoms with E-state index in [1.165, 1.54) is 5.01 Å². The lowest BCUT2D eigenvalue weighted by Gasteiger charge is -2.40. The molecule has 0 aliphatic carbocycles. The summed E-state index contributed by atoms with van der Waals surface area (Å²) in [7, 11) is 0. The van der Waals surface area contributed by atoms with E-state index >= 15 is 0 Å². The number of carbonyl (C=O) groups excluding carboxylic acids is 1. The van der Waals surface area contributed by atoms with E-state index in [1.54, 1.807) is 6.92 Å². The van der Waals surface area contributed by atoms with E-state index in [9.17, 15) is 9.70 Å². The lowest BCUT2D eigenvalue weighted by Crippen LogP contribution is -2.42. The molecule has 0 radical (unpaired) electrons. The second-order valence-corrected chi connectivity index (χ2v) is 6.24. The van der Waals surface area contributed by atoms with E-state index in [0.29, 0.717) is 13.0 Å². The minimum Gasteiger partial charge on any atom is -0.466 e. The number of rotatable bonds is 5. The first-order chi connectivity index (χ1) is 12.2. The van der Waals surface area contributed by atoms with Crippen LogP contribution < -0.4 is 0 Å². The van der Waals surface area contributed by atoms with Crippen molar-refractivity contribution in [3.8, 4) is 0 Å². The third kappa shape index (κ3) is 3.71. The summed E-state index contributed by atoms with van der Waals surface area (Å²) >= 11 is 0. The minimum absolute atomic E-state index is 0.0107. The molecule has 5 heteroatoms. The van der Waals surface area contributed by atoms with Crippen molar-refractivity contribution in [1.29, 1.82) is 0 Å². The summed E-state index contributed by atoms with van der Waals surface area (Å²) in [4.78, 5) is 23.9. The molecule has 0 aromatic heterocycles. The smallest absolute Gasteiger partial charge is 0.311 e. The van der Waals surface area contributed by atoms with Gasteiger partial charge in [-0.1, -0.05) is 60.7 Å². The molecule has 5 nitrogen and oxygen atoms in total. The average molecular weight is 338 g/mol. The standard InChI is InChI=1S/C20H22N2O3/c1-2-25-20(23)18-14-22(21-24)19(16-11-7-4-8-12-16)13-17(18)15-9-5-3-6-10-15/h3-12,17-19H,2,13-14H2,1H3/t17-,18+,19+/m0/s1. The van der Waals surface area contributed by atoms with Gasteiger partial charge in [0.25, 0.3) is 0 Å². The van der Waals surface area contributed by atoms with Crippen molar-refractivity contribution in [1.82, 2.24) is 5.01 Å². The summed E-state index contributed by atoms with van der Waals surface area (Å²) in [6, 6.07) is 19.7. The highest BCUT2D eigenvalue weighted by molar-refractivity contribution is 5.74. The number of carbonyl (C=O) groups is 1. The first-order valence-electron chi connectivity index (χ1n) is 8.61. The van der Waals surface area contributed by atoms with Crippen LogP contribution in [-0.2, 0) is 9.53 Å². The molecular formula is C20H22N2O3. The second-order valence-electron chi connectivity index (χ2n) is 6.24. The highest BCUT2D eigenvalue weighted by Crippen LogP contribution is 2.43. The van der Waals surface area contributed by atoms with E-state index in [-0.39, 0.29) is 24.5 Å². The van der Waals surface area contributed by atoms with Gasteiger partial charge in [-0.15, -0.1) is 4.91 Å². The van der Waals surface area contributed by atoms with Gasteiger partial charge in [0, 0.05) is 5.92 Å². The first-order valence-corrected chi connectivity index (χ1v) is 8.61. The lowest BCUT2D eigenvalue weighted by molar-refractivity contribution is -0.151. The number of hydrogen-bond acceptors (Lipinski definition) is 4. The van der Waals surface area contributed by atoms with Crippen LogP contribution in [0.3, 0.4) is 0 Å². The molecule has 1 heterocycles. The molecule has 0 N–H and O–H groups in total. The van der Waals surface area contributed by atoms with Crippen molar-refractivity contribution in [3.05, 3.63) is 76.7 Å². The zero-order chi connectivity index (χ0) is 17.6. The number of ether oxygens (including phenoxy) is 1. The highest BCUT2D eigenvalue weighted by atomic mass is 16.5. The molecular weight excluding hydrogens is 316 g/mol. The van der Waals surface area contributed by atoms with Gasteiger partial charge in [-0.2, -0.15) is 0 Å². The largest absolute Gasteiger partial charge is 0.466 e. The molecule has 0 saturated carbocycles. The van der Waals surface area contributed by atoms with Crippen molar-refractivity contribution in [3.63, 3.8) is 0 Å². The van der Waals surface area contributed by atoms with E-state index < -0.39 is 5.92 Å². The molecule has 1 saturated heterocycles. The van der Waals surface area contributed by atoms with Gasteiger partial charge in [-0.25, -0.2) is 0 Å². The monoisotopic (exact) mass is 338 g/mol. The Morgan fingerprint density at radius 3 is 2.24 bits per heavy atom. The Bertz CT molecular complexity index is 705. The Balaban J connectivity index is 1.95. The number of hydrogen-bond donors (Lipinski definition) is 0. The van der Waals surface area contributed by atoms with Gasteiger partial charge >= 0.3 is 5.97 Å².